The monoisotopic (exact) mass is 292 g/mol. The maximum atomic E-state index is 4.75. The molecule has 4 aromatic rings. The zero-order valence-electron chi connectivity index (χ0n) is 11.1. The summed E-state index contributed by atoms with van der Waals surface area (Å²) >= 11 is 1.64. The molecule has 1 aromatic carbocycles. The van der Waals surface area contributed by atoms with Crippen LogP contribution in [0.2, 0.25) is 0 Å². The number of hydrogen-bond acceptors (Lipinski definition) is 3. The Labute approximate surface area is 125 Å². The molecule has 3 aromatic heterocycles. The molecule has 4 rings (SSSR count). The lowest BCUT2D eigenvalue weighted by atomic mass is 10.1. The molecule has 4 nitrogen and oxygen atoms in total. The van der Waals surface area contributed by atoms with Crippen molar-refractivity contribution in [2.45, 2.75) is 0 Å². The molecule has 0 unspecified atom stereocenters. The van der Waals surface area contributed by atoms with Gasteiger partial charge in [0.25, 0.3) is 0 Å². The number of fused-ring (bicyclic) bond motifs is 1. The summed E-state index contributed by atoms with van der Waals surface area (Å²) in [5, 5.41) is 8.94. The van der Waals surface area contributed by atoms with E-state index in [2.05, 4.69) is 32.8 Å². The number of imidazole rings is 1. The lowest BCUT2D eigenvalue weighted by Crippen LogP contribution is -1.85. The van der Waals surface area contributed by atoms with Crippen molar-refractivity contribution >= 4 is 28.4 Å². The molecule has 0 radical (unpaired) electrons. The molecular weight excluding hydrogens is 280 g/mol. The van der Waals surface area contributed by atoms with Crippen molar-refractivity contribution in [3.8, 4) is 11.3 Å². The molecule has 0 aliphatic rings. The summed E-state index contributed by atoms with van der Waals surface area (Å²) in [6.07, 6.45) is 7.88. The predicted molar refractivity (Wildman–Crippen MR) is 86.0 cm³/mol. The van der Waals surface area contributed by atoms with Crippen LogP contribution in [0, 0.1) is 0 Å². The summed E-state index contributed by atoms with van der Waals surface area (Å²) in [4.78, 5) is 5.75. The Bertz CT molecular complexity index is 885. The van der Waals surface area contributed by atoms with Gasteiger partial charge in [0.05, 0.1) is 17.1 Å². The van der Waals surface area contributed by atoms with E-state index in [4.69, 9.17) is 4.98 Å². The van der Waals surface area contributed by atoms with E-state index in [1.165, 1.54) is 0 Å². The van der Waals surface area contributed by atoms with Crippen LogP contribution in [0.4, 0.5) is 0 Å². The number of hydrogen-bond donors (Lipinski definition) is 1. The van der Waals surface area contributed by atoms with Crippen LogP contribution in [0.5, 0.6) is 0 Å². The molecule has 0 spiro atoms. The fourth-order valence-corrected chi connectivity index (χ4v) is 3.02. The molecule has 1 N–H and O–H groups in total. The Balaban J connectivity index is 1.87. The number of nitrogens with zero attached hydrogens (tertiary/aromatic N) is 3. The van der Waals surface area contributed by atoms with Crippen molar-refractivity contribution in [1.82, 2.24) is 19.6 Å². The summed E-state index contributed by atoms with van der Waals surface area (Å²) < 4.78 is 2.11. The van der Waals surface area contributed by atoms with E-state index in [1.807, 2.05) is 41.9 Å². The van der Waals surface area contributed by atoms with Gasteiger partial charge in [0.1, 0.15) is 0 Å². The average Bonchev–Trinajstić information content (AvgIpc) is 3.23. The van der Waals surface area contributed by atoms with Gasteiger partial charge < -0.3 is 0 Å². The average molecular weight is 292 g/mol. The van der Waals surface area contributed by atoms with Gasteiger partial charge in [0.2, 0.25) is 0 Å². The SMILES string of the molecule is C(=Cc1c(-c2ccccc2)nc2sccn12)c1ccn[nH]1. The maximum Gasteiger partial charge on any atom is 0.194 e. The molecular formula is C16H12N4S. The first-order chi connectivity index (χ1) is 10.4. The topological polar surface area (TPSA) is 46.0 Å². The van der Waals surface area contributed by atoms with E-state index >= 15 is 0 Å². The van der Waals surface area contributed by atoms with Crippen LogP contribution in [0.25, 0.3) is 28.4 Å². The summed E-state index contributed by atoms with van der Waals surface area (Å²) in [5.74, 6) is 0. The normalized spacial score (nSPS) is 11.6. The molecule has 5 heteroatoms. The van der Waals surface area contributed by atoms with Crippen molar-refractivity contribution in [1.29, 1.82) is 0 Å². The Hall–Kier alpha value is -2.66. The molecule has 0 aliphatic heterocycles. The molecule has 0 bridgehead atoms. The smallest absolute Gasteiger partial charge is 0.194 e. The van der Waals surface area contributed by atoms with Crippen LogP contribution >= 0.6 is 11.3 Å². The van der Waals surface area contributed by atoms with Gasteiger partial charge in [-0.15, -0.1) is 11.3 Å². The number of H-pyrrole nitrogens is 1. The highest BCUT2D eigenvalue weighted by molar-refractivity contribution is 7.15. The summed E-state index contributed by atoms with van der Waals surface area (Å²) in [6.45, 7) is 0. The Morgan fingerprint density at radius 2 is 2.00 bits per heavy atom. The van der Waals surface area contributed by atoms with Crippen LogP contribution in [0.15, 0.2) is 54.2 Å². The molecule has 0 fully saturated rings. The molecule has 21 heavy (non-hydrogen) atoms. The molecule has 0 atom stereocenters. The summed E-state index contributed by atoms with van der Waals surface area (Å²) in [6, 6.07) is 12.2. The minimum absolute atomic E-state index is 0.971. The van der Waals surface area contributed by atoms with Crippen LogP contribution in [0.3, 0.4) is 0 Å². The second kappa shape index (κ2) is 5.03. The zero-order valence-corrected chi connectivity index (χ0v) is 11.9. The third-order valence-corrected chi connectivity index (χ3v) is 4.05. The van der Waals surface area contributed by atoms with Gasteiger partial charge in [-0.3, -0.25) is 9.50 Å². The van der Waals surface area contributed by atoms with Crippen molar-refractivity contribution in [2.75, 3.05) is 0 Å². The van der Waals surface area contributed by atoms with Crippen LogP contribution in [0.1, 0.15) is 11.4 Å². The van der Waals surface area contributed by atoms with Crippen LogP contribution < -0.4 is 0 Å². The number of aromatic nitrogens is 4. The van der Waals surface area contributed by atoms with E-state index < -0.39 is 0 Å². The highest BCUT2D eigenvalue weighted by atomic mass is 32.1. The van der Waals surface area contributed by atoms with Gasteiger partial charge >= 0.3 is 0 Å². The first-order valence-electron chi connectivity index (χ1n) is 6.60. The molecule has 102 valence electrons. The first kappa shape index (κ1) is 12.1. The van der Waals surface area contributed by atoms with Gasteiger partial charge in [0.15, 0.2) is 4.96 Å². The molecule has 0 amide bonds. The largest absolute Gasteiger partial charge is 0.290 e. The van der Waals surface area contributed by atoms with E-state index in [0.29, 0.717) is 0 Å². The zero-order chi connectivity index (χ0) is 14.1. The van der Waals surface area contributed by atoms with E-state index in [-0.39, 0.29) is 0 Å². The number of aromatic amines is 1. The lowest BCUT2D eigenvalue weighted by molar-refractivity contribution is 1.08. The minimum atomic E-state index is 0.971. The minimum Gasteiger partial charge on any atom is -0.290 e. The van der Waals surface area contributed by atoms with Crippen molar-refractivity contribution in [2.24, 2.45) is 0 Å². The van der Waals surface area contributed by atoms with E-state index in [0.717, 1.165) is 27.6 Å². The molecule has 3 heterocycles. The van der Waals surface area contributed by atoms with Crippen molar-refractivity contribution in [3.63, 3.8) is 0 Å². The van der Waals surface area contributed by atoms with Gasteiger partial charge in [0, 0.05) is 23.3 Å². The van der Waals surface area contributed by atoms with Gasteiger partial charge in [-0.2, -0.15) is 5.10 Å². The summed E-state index contributed by atoms with van der Waals surface area (Å²) in [7, 11) is 0. The number of nitrogens with one attached hydrogen (secondary N) is 1. The van der Waals surface area contributed by atoms with E-state index in [1.54, 1.807) is 17.5 Å². The Kier molecular flexibility index (Phi) is 2.90. The third kappa shape index (κ3) is 2.17. The standard InChI is InChI=1S/C16H12N4S/c1-2-4-12(5-3-1)15-14(7-6-13-8-9-17-19-13)20-10-11-21-16(20)18-15/h1-11H,(H,17,19). The third-order valence-electron chi connectivity index (χ3n) is 3.29. The lowest BCUT2D eigenvalue weighted by Gasteiger charge is -1.99. The number of rotatable bonds is 3. The molecule has 0 aliphatic carbocycles. The number of thiazole rings is 1. The Morgan fingerprint density at radius 1 is 1.10 bits per heavy atom. The van der Waals surface area contributed by atoms with Gasteiger partial charge in [-0.1, -0.05) is 30.3 Å². The highest BCUT2D eigenvalue weighted by Crippen LogP contribution is 2.27. The second-order valence-corrected chi connectivity index (χ2v) is 5.49. The fraction of sp³-hybridized carbons (Fsp3) is 0. The molecule has 0 saturated carbocycles. The first-order valence-corrected chi connectivity index (χ1v) is 7.48. The fourth-order valence-electron chi connectivity index (χ4n) is 2.30. The number of benzene rings is 1. The molecule has 0 saturated heterocycles. The highest BCUT2D eigenvalue weighted by Gasteiger charge is 2.12. The maximum absolute atomic E-state index is 4.75. The van der Waals surface area contributed by atoms with Crippen molar-refractivity contribution < 1.29 is 0 Å². The van der Waals surface area contributed by atoms with Gasteiger partial charge in [-0.05, 0) is 18.2 Å². The van der Waals surface area contributed by atoms with Crippen molar-refractivity contribution in [3.05, 3.63) is 65.6 Å². The predicted octanol–water partition coefficient (Wildman–Crippen LogP) is 3.96. The van der Waals surface area contributed by atoms with Gasteiger partial charge in [-0.25, -0.2) is 4.98 Å². The van der Waals surface area contributed by atoms with Crippen LogP contribution in [-0.2, 0) is 0 Å². The van der Waals surface area contributed by atoms with Crippen LogP contribution in [-0.4, -0.2) is 19.6 Å². The quantitative estimate of drug-likeness (QED) is 0.621. The summed E-state index contributed by atoms with van der Waals surface area (Å²) in [5.41, 5.74) is 4.17. The Morgan fingerprint density at radius 3 is 2.81 bits per heavy atom. The van der Waals surface area contributed by atoms with E-state index in [9.17, 15) is 0 Å². The second-order valence-electron chi connectivity index (χ2n) is 4.61.